The van der Waals surface area contributed by atoms with E-state index in [2.05, 4.69) is 31.7 Å². The highest BCUT2D eigenvalue weighted by Gasteiger charge is 2.26. The van der Waals surface area contributed by atoms with Gasteiger partial charge in [-0.1, -0.05) is 0 Å². The van der Waals surface area contributed by atoms with Crippen LogP contribution in [0.1, 0.15) is 34.7 Å². The van der Waals surface area contributed by atoms with Crippen LogP contribution in [0.15, 0.2) is 36.8 Å². The number of imidazole rings is 1. The third-order valence-corrected chi connectivity index (χ3v) is 5.24. The lowest BCUT2D eigenvalue weighted by molar-refractivity contribution is 0.0677. The molecule has 0 radical (unpaired) electrons. The van der Waals surface area contributed by atoms with E-state index in [9.17, 15) is 4.79 Å². The fourth-order valence-corrected chi connectivity index (χ4v) is 3.68. The van der Waals surface area contributed by atoms with Crippen molar-refractivity contribution in [1.29, 1.82) is 0 Å². The van der Waals surface area contributed by atoms with Crippen LogP contribution in [0.3, 0.4) is 0 Å². The van der Waals surface area contributed by atoms with E-state index in [0.29, 0.717) is 11.6 Å². The van der Waals surface area contributed by atoms with Gasteiger partial charge >= 0.3 is 0 Å². The molecule has 0 aliphatic carbocycles. The molecule has 7 nitrogen and oxygen atoms in total. The number of pyridine rings is 1. The molecule has 0 aromatic carbocycles. The average Bonchev–Trinajstić information content (AvgIpc) is 3.29. The van der Waals surface area contributed by atoms with E-state index in [1.807, 2.05) is 42.4 Å². The van der Waals surface area contributed by atoms with Gasteiger partial charge in [0.1, 0.15) is 11.5 Å². The summed E-state index contributed by atoms with van der Waals surface area (Å²) in [6.07, 6.45) is 7.52. The van der Waals surface area contributed by atoms with Crippen molar-refractivity contribution in [3.63, 3.8) is 0 Å². The lowest BCUT2D eigenvalue weighted by Gasteiger charge is -2.32. The van der Waals surface area contributed by atoms with Crippen LogP contribution in [0.2, 0.25) is 0 Å². The number of likely N-dealkylation sites (tertiary alicyclic amines) is 1. The molecule has 1 aliphatic rings. The van der Waals surface area contributed by atoms with Gasteiger partial charge in [-0.2, -0.15) is 5.10 Å². The zero-order chi connectivity index (χ0) is 18.8. The molecule has 1 saturated heterocycles. The highest BCUT2D eigenvalue weighted by atomic mass is 16.2. The van der Waals surface area contributed by atoms with Crippen LogP contribution in [-0.2, 0) is 6.54 Å². The molecule has 3 aromatic rings. The molecular weight excluding hydrogens is 340 g/mol. The molecule has 0 unspecified atom stereocenters. The van der Waals surface area contributed by atoms with Crippen LogP contribution in [-0.4, -0.2) is 48.6 Å². The number of carbonyl (C=O) groups is 1. The number of nitrogens with zero attached hydrogens (tertiary/aromatic N) is 5. The molecule has 1 aliphatic heterocycles. The van der Waals surface area contributed by atoms with E-state index in [1.54, 1.807) is 6.20 Å². The van der Waals surface area contributed by atoms with E-state index in [-0.39, 0.29) is 5.91 Å². The summed E-state index contributed by atoms with van der Waals surface area (Å²) >= 11 is 0. The molecule has 27 heavy (non-hydrogen) atoms. The maximum Gasteiger partial charge on any atom is 0.274 e. The third kappa shape index (κ3) is 3.63. The summed E-state index contributed by atoms with van der Waals surface area (Å²) < 4.78 is 2.27. The predicted octanol–water partition coefficient (Wildman–Crippen LogP) is 2.84. The van der Waals surface area contributed by atoms with Crippen molar-refractivity contribution in [3.05, 3.63) is 53.9 Å². The number of rotatable bonds is 4. The molecular formula is C20H24N6O. The summed E-state index contributed by atoms with van der Waals surface area (Å²) in [6.45, 7) is 6.45. The number of hydrogen-bond acceptors (Lipinski definition) is 4. The Labute approximate surface area is 158 Å². The Bertz CT molecular complexity index is 921. The Morgan fingerprint density at radius 3 is 2.74 bits per heavy atom. The van der Waals surface area contributed by atoms with Gasteiger partial charge in [-0.3, -0.25) is 14.9 Å². The maximum atomic E-state index is 12.6. The number of aryl methyl sites for hydroxylation is 2. The molecule has 0 atom stereocenters. The number of aromatic amines is 1. The van der Waals surface area contributed by atoms with E-state index in [0.717, 1.165) is 55.3 Å². The largest absolute Gasteiger partial charge is 0.337 e. The van der Waals surface area contributed by atoms with Gasteiger partial charge in [-0.05, 0) is 50.8 Å². The van der Waals surface area contributed by atoms with Gasteiger partial charge in [0.05, 0.1) is 0 Å². The summed E-state index contributed by atoms with van der Waals surface area (Å²) in [6, 6.07) is 5.78. The van der Waals surface area contributed by atoms with Crippen molar-refractivity contribution in [1.82, 2.24) is 29.6 Å². The van der Waals surface area contributed by atoms with Crippen molar-refractivity contribution in [2.45, 2.75) is 33.2 Å². The molecule has 4 rings (SSSR count). The van der Waals surface area contributed by atoms with E-state index < -0.39 is 0 Å². The second-order valence-electron chi connectivity index (χ2n) is 7.25. The number of hydrogen-bond donors (Lipinski definition) is 1. The number of amides is 1. The molecule has 4 heterocycles. The summed E-state index contributed by atoms with van der Waals surface area (Å²) in [5.74, 6) is 1.51. The highest BCUT2D eigenvalue weighted by Crippen LogP contribution is 2.25. The number of nitrogens with one attached hydrogen (secondary N) is 1. The standard InChI is InChI=1S/C20H24N6O/c1-14-10-18(24-23-14)20(27)25-8-5-16(6-9-25)13-26-15(2)11-22-19(26)17-4-3-7-21-12-17/h3-4,7,10-12,16H,5-6,8-9,13H2,1-2H3,(H,23,24). The first-order valence-electron chi connectivity index (χ1n) is 9.35. The summed E-state index contributed by atoms with van der Waals surface area (Å²) in [5, 5.41) is 6.94. The molecule has 0 saturated carbocycles. The molecule has 0 bridgehead atoms. The van der Waals surface area contributed by atoms with Gasteiger partial charge < -0.3 is 9.47 Å². The quantitative estimate of drug-likeness (QED) is 0.772. The zero-order valence-electron chi connectivity index (χ0n) is 15.7. The molecule has 0 spiro atoms. The van der Waals surface area contributed by atoms with Gasteiger partial charge in [0.2, 0.25) is 0 Å². The van der Waals surface area contributed by atoms with Crippen LogP contribution in [0.25, 0.3) is 11.4 Å². The Morgan fingerprint density at radius 2 is 2.07 bits per heavy atom. The SMILES string of the molecule is Cc1cc(C(=O)N2CCC(Cn3c(C)cnc3-c3cccnc3)CC2)n[nH]1. The van der Waals surface area contributed by atoms with Crippen LogP contribution >= 0.6 is 0 Å². The smallest absolute Gasteiger partial charge is 0.274 e. The summed E-state index contributed by atoms with van der Waals surface area (Å²) in [5.41, 5.74) is 3.61. The van der Waals surface area contributed by atoms with Crippen LogP contribution in [0, 0.1) is 19.8 Å². The monoisotopic (exact) mass is 364 g/mol. The lowest BCUT2D eigenvalue weighted by atomic mass is 9.96. The number of carbonyl (C=O) groups excluding carboxylic acids is 1. The van der Waals surface area contributed by atoms with Crippen molar-refractivity contribution < 1.29 is 4.79 Å². The number of piperidine rings is 1. The van der Waals surface area contributed by atoms with Gasteiger partial charge in [-0.25, -0.2) is 4.98 Å². The Hall–Kier alpha value is -2.96. The average molecular weight is 364 g/mol. The Morgan fingerprint density at radius 1 is 1.26 bits per heavy atom. The van der Waals surface area contributed by atoms with E-state index >= 15 is 0 Å². The van der Waals surface area contributed by atoms with Crippen LogP contribution in [0.4, 0.5) is 0 Å². The second kappa shape index (κ2) is 7.34. The van der Waals surface area contributed by atoms with Crippen LogP contribution < -0.4 is 0 Å². The van der Waals surface area contributed by atoms with Gasteiger partial charge in [-0.15, -0.1) is 0 Å². The third-order valence-electron chi connectivity index (χ3n) is 5.24. The van der Waals surface area contributed by atoms with Gasteiger partial charge in [0.25, 0.3) is 5.91 Å². The minimum atomic E-state index is 0.0210. The fourth-order valence-electron chi connectivity index (χ4n) is 3.68. The van der Waals surface area contributed by atoms with Crippen molar-refractivity contribution in [2.24, 2.45) is 5.92 Å². The van der Waals surface area contributed by atoms with Gasteiger partial charge in [0, 0.05) is 55.2 Å². The minimum absolute atomic E-state index is 0.0210. The van der Waals surface area contributed by atoms with Gasteiger partial charge in [0.15, 0.2) is 0 Å². The zero-order valence-corrected chi connectivity index (χ0v) is 15.7. The molecule has 1 amide bonds. The van der Waals surface area contributed by atoms with Crippen molar-refractivity contribution in [2.75, 3.05) is 13.1 Å². The van der Waals surface area contributed by atoms with Crippen LogP contribution in [0.5, 0.6) is 0 Å². The lowest BCUT2D eigenvalue weighted by Crippen LogP contribution is -2.39. The maximum absolute atomic E-state index is 12.6. The first-order valence-corrected chi connectivity index (χ1v) is 9.35. The molecule has 1 fully saturated rings. The highest BCUT2D eigenvalue weighted by molar-refractivity contribution is 5.92. The minimum Gasteiger partial charge on any atom is -0.337 e. The van der Waals surface area contributed by atoms with Crippen molar-refractivity contribution >= 4 is 5.91 Å². The molecule has 3 aromatic heterocycles. The first kappa shape index (κ1) is 17.5. The number of aromatic nitrogens is 5. The second-order valence-corrected chi connectivity index (χ2v) is 7.25. The Kier molecular flexibility index (Phi) is 4.75. The first-order chi connectivity index (χ1) is 13.1. The summed E-state index contributed by atoms with van der Waals surface area (Å²) in [7, 11) is 0. The molecule has 1 N–H and O–H groups in total. The van der Waals surface area contributed by atoms with E-state index in [4.69, 9.17) is 0 Å². The topological polar surface area (TPSA) is 79.7 Å². The Balaban J connectivity index is 1.42. The molecule has 140 valence electrons. The normalized spacial score (nSPS) is 15.3. The predicted molar refractivity (Wildman–Crippen MR) is 102 cm³/mol. The fraction of sp³-hybridized carbons (Fsp3) is 0.400. The van der Waals surface area contributed by atoms with Crippen molar-refractivity contribution in [3.8, 4) is 11.4 Å². The molecule has 7 heteroatoms. The summed E-state index contributed by atoms with van der Waals surface area (Å²) in [4.78, 5) is 23.3. The number of H-pyrrole nitrogens is 1. The van der Waals surface area contributed by atoms with E-state index in [1.165, 1.54) is 0 Å².